The minimum Gasteiger partial charge on any atom is -0.462 e. The smallest absolute Gasteiger partial charge is 0.407 e. The first kappa shape index (κ1) is 31.3. The molecule has 2 aliphatic carbocycles. The van der Waals surface area contributed by atoms with E-state index < -0.39 is 17.6 Å². The van der Waals surface area contributed by atoms with Gasteiger partial charge in [-0.3, -0.25) is 9.59 Å². The number of nitrogens with one attached hydrogen (secondary N) is 1. The number of carbonyl (C=O) groups is 3. The molecular weight excluding hydrogens is 522 g/mol. The SMILES string of the molecule is CCC(C)(C)C(=O)O[C@H]1C[C@@H](C)[C@@H](OC(=O)NCc2ccccc2)[C@@H]2CC[C@H](C)[C@H](CC[C@@H]3C[C@@H](O)CC(=O)O3)[C@H]21. The molecule has 0 bridgehead atoms. The molecule has 1 aliphatic heterocycles. The van der Waals surface area contributed by atoms with E-state index in [2.05, 4.69) is 19.2 Å². The number of hydrogen-bond donors (Lipinski definition) is 2. The third-order valence-electron chi connectivity index (χ3n) is 9.97. The number of aliphatic hydroxyl groups is 1. The number of ether oxygens (including phenoxy) is 3. The van der Waals surface area contributed by atoms with Crippen molar-refractivity contribution in [1.82, 2.24) is 5.32 Å². The zero-order valence-electron chi connectivity index (χ0n) is 25.3. The highest BCUT2D eigenvalue weighted by Gasteiger charge is 2.53. The number of cyclic esters (lactones) is 1. The third kappa shape index (κ3) is 7.82. The second-order valence-corrected chi connectivity index (χ2v) is 13.3. The minimum absolute atomic E-state index is 0.0303. The number of carbonyl (C=O) groups excluding carboxylic acids is 3. The number of rotatable bonds is 9. The van der Waals surface area contributed by atoms with Crippen molar-refractivity contribution < 1.29 is 33.7 Å². The zero-order valence-corrected chi connectivity index (χ0v) is 25.3. The van der Waals surface area contributed by atoms with Gasteiger partial charge < -0.3 is 24.6 Å². The van der Waals surface area contributed by atoms with Crippen LogP contribution in [0.4, 0.5) is 4.79 Å². The summed E-state index contributed by atoms with van der Waals surface area (Å²) >= 11 is 0. The summed E-state index contributed by atoms with van der Waals surface area (Å²) in [6.45, 7) is 10.6. The number of esters is 2. The van der Waals surface area contributed by atoms with E-state index >= 15 is 0 Å². The number of hydrogen-bond acceptors (Lipinski definition) is 7. The molecule has 8 heteroatoms. The van der Waals surface area contributed by atoms with Gasteiger partial charge in [-0.25, -0.2) is 4.79 Å². The van der Waals surface area contributed by atoms with Gasteiger partial charge in [0.05, 0.1) is 17.9 Å². The number of aliphatic hydroxyl groups excluding tert-OH is 1. The highest BCUT2D eigenvalue weighted by Crippen LogP contribution is 2.52. The van der Waals surface area contributed by atoms with Crippen molar-refractivity contribution in [3.8, 4) is 0 Å². The largest absolute Gasteiger partial charge is 0.462 e. The van der Waals surface area contributed by atoms with Crippen molar-refractivity contribution >= 4 is 18.0 Å². The molecule has 228 valence electrons. The Kier molecular flexibility index (Phi) is 10.4. The molecule has 0 radical (unpaired) electrons. The van der Waals surface area contributed by atoms with E-state index in [0.717, 1.165) is 24.8 Å². The number of benzene rings is 1. The second-order valence-electron chi connectivity index (χ2n) is 13.3. The maximum Gasteiger partial charge on any atom is 0.407 e. The van der Waals surface area contributed by atoms with Crippen molar-refractivity contribution in [2.45, 2.75) is 117 Å². The van der Waals surface area contributed by atoms with Gasteiger partial charge in [-0.2, -0.15) is 0 Å². The molecule has 1 heterocycles. The highest BCUT2D eigenvalue weighted by atomic mass is 16.6. The van der Waals surface area contributed by atoms with Gasteiger partial charge in [-0.05, 0) is 69.3 Å². The molecular formula is C33H49NO7. The van der Waals surface area contributed by atoms with E-state index in [-0.39, 0.29) is 60.3 Å². The van der Waals surface area contributed by atoms with E-state index in [1.165, 1.54) is 0 Å². The van der Waals surface area contributed by atoms with Crippen LogP contribution in [-0.4, -0.2) is 47.6 Å². The summed E-state index contributed by atoms with van der Waals surface area (Å²) in [6, 6.07) is 9.75. The molecule has 1 aromatic rings. The second kappa shape index (κ2) is 13.6. The van der Waals surface area contributed by atoms with Gasteiger partial charge >= 0.3 is 18.0 Å². The normalized spacial score (nSPS) is 33.7. The molecule has 1 saturated heterocycles. The molecule has 1 amide bonds. The molecule has 41 heavy (non-hydrogen) atoms. The van der Waals surface area contributed by atoms with Crippen molar-refractivity contribution in [1.29, 1.82) is 0 Å². The Morgan fingerprint density at radius 1 is 1.05 bits per heavy atom. The third-order valence-corrected chi connectivity index (χ3v) is 9.97. The van der Waals surface area contributed by atoms with Crippen molar-refractivity contribution in [2.24, 2.45) is 35.0 Å². The Balaban J connectivity index is 1.52. The van der Waals surface area contributed by atoms with Crippen LogP contribution in [0.25, 0.3) is 0 Å². The fourth-order valence-electron chi connectivity index (χ4n) is 7.17. The van der Waals surface area contributed by atoms with Crippen LogP contribution in [0.5, 0.6) is 0 Å². The van der Waals surface area contributed by atoms with Crippen LogP contribution in [0.15, 0.2) is 30.3 Å². The molecule has 1 aromatic carbocycles. The van der Waals surface area contributed by atoms with E-state index in [0.29, 0.717) is 38.1 Å². The van der Waals surface area contributed by atoms with Crippen molar-refractivity contribution in [3.05, 3.63) is 35.9 Å². The van der Waals surface area contributed by atoms with E-state index in [4.69, 9.17) is 14.2 Å². The van der Waals surface area contributed by atoms with Gasteiger partial charge in [-0.1, -0.05) is 57.5 Å². The van der Waals surface area contributed by atoms with E-state index in [1.807, 2.05) is 51.1 Å². The van der Waals surface area contributed by atoms with Crippen LogP contribution in [0.2, 0.25) is 0 Å². The summed E-state index contributed by atoms with van der Waals surface area (Å²) < 4.78 is 18.0. The zero-order chi connectivity index (χ0) is 29.7. The Bertz CT molecular complexity index is 1040. The molecule has 3 fully saturated rings. The molecule has 2 N–H and O–H groups in total. The first-order valence-electron chi connectivity index (χ1n) is 15.6. The molecule has 0 unspecified atom stereocenters. The minimum atomic E-state index is -0.662. The fraction of sp³-hybridized carbons (Fsp3) is 0.727. The Morgan fingerprint density at radius 3 is 2.46 bits per heavy atom. The maximum atomic E-state index is 13.3. The van der Waals surface area contributed by atoms with Crippen LogP contribution >= 0.6 is 0 Å². The van der Waals surface area contributed by atoms with Gasteiger partial charge in [0.15, 0.2) is 0 Å². The standard InChI is InChI=1S/C33H49NO7/c1-6-33(4,5)31(37)40-27-16-21(3)30(41-32(38)34-19-22-10-8-7-9-11-22)26-14-12-20(2)25(29(26)27)15-13-24-17-23(35)18-28(36)39-24/h7-11,20-21,23-27,29-30,35H,6,12-19H2,1-5H3,(H,34,38)/t20-,21+,23+,24+,25-,26+,27-,29+,30+/m0/s1. The molecule has 0 aromatic heterocycles. The summed E-state index contributed by atoms with van der Waals surface area (Å²) in [4.78, 5) is 38.2. The monoisotopic (exact) mass is 571 g/mol. The summed E-state index contributed by atoms with van der Waals surface area (Å²) in [6.07, 6.45) is 3.19. The first-order chi connectivity index (χ1) is 19.5. The summed E-state index contributed by atoms with van der Waals surface area (Å²) in [5, 5.41) is 13.0. The predicted molar refractivity (Wildman–Crippen MR) is 155 cm³/mol. The summed E-state index contributed by atoms with van der Waals surface area (Å²) in [5.41, 5.74) is 0.427. The van der Waals surface area contributed by atoms with Gasteiger partial charge in [0, 0.05) is 24.8 Å². The van der Waals surface area contributed by atoms with Gasteiger partial charge in [-0.15, -0.1) is 0 Å². The lowest BCUT2D eigenvalue weighted by molar-refractivity contribution is -0.183. The van der Waals surface area contributed by atoms with Crippen LogP contribution in [0, 0.1) is 35.0 Å². The summed E-state index contributed by atoms with van der Waals surface area (Å²) in [5.74, 6) is 0.175. The van der Waals surface area contributed by atoms with Crippen LogP contribution in [0.1, 0.15) is 91.5 Å². The maximum absolute atomic E-state index is 13.3. The Labute approximate surface area is 244 Å². The number of alkyl carbamates (subject to hydrolysis) is 1. The average Bonchev–Trinajstić information content (AvgIpc) is 2.93. The molecule has 8 nitrogen and oxygen atoms in total. The predicted octanol–water partition coefficient (Wildman–Crippen LogP) is 5.79. The quantitative estimate of drug-likeness (QED) is 0.285. The van der Waals surface area contributed by atoms with Crippen LogP contribution in [-0.2, 0) is 30.3 Å². The molecule has 3 aliphatic rings. The van der Waals surface area contributed by atoms with Crippen LogP contribution < -0.4 is 5.32 Å². The molecule has 2 saturated carbocycles. The van der Waals surface area contributed by atoms with Crippen molar-refractivity contribution in [2.75, 3.05) is 0 Å². The fourth-order valence-corrected chi connectivity index (χ4v) is 7.17. The Hall–Kier alpha value is -2.61. The van der Waals surface area contributed by atoms with E-state index in [9.17, 15) is 19.5 Å². The lowest BCUT2D eigenvalue weighted by Gasteiger charge is -2.53. The van der Waals surface area contributed by atoms with Crippen molar-refractivity contribution in [3.63, 3.8) is 0 Å². The highest BCUT2D eigenvalue weighted by molar-refractivity contribution is 5.76. The topological polar surface area (TPSA) is 111 Å². The molecule has 0 spiro atoms. The first-order valence-corrected chi connectivity index (χ1v) is 15.6. The lowest BCUT2D eigenvalue weighted by Crippen LogP contribution is -2.55. The average molecular weight is 572 g/mol. The lowest BCUT2D eigenvalue weighted by atomic mass is 9.57. The van der Waals surface area contributed by atoms with E-state index in [1.54, 1.807) is 0 Å². The van der Waals surface area contributed by atoms with Gasteiger partial charge in [0.1, 0.15) is 18.3 Å². The molecule has 9 atom stereocenters. The Morgan fingerprint density at radius 2 is 1.78 bits per heavy atom. The van der Waals surface area contributed by atoms with Crippen LogP contribution in [0.3, 0.4) is 0 Å². The number of amides is 1. The van der Waals surface area contributed by atoms with Gasteiger partial charge in [0.2, 0.25) is 0 Å². The number of fused-ring (bicyclic) bond motifs is 1. The van der Waals surface area contributed by atoms with Gasteiger partial charge in [0.25, 0.3) is 0 Å². The summed E-state index contributed by atoms with van der Waals surface area (Å²) in [7, 11) is 0. The molecule has 4 rings (SSSR count).